The van der Waals surface area contributed by atoms with Crippen LogP contribution in [0.4, 0.5) is 0 Å². The fourth-order valence-electron chi connectivity index (χ4n) is 3.10. The molecular weight excluding hydrogens is 318 g/mol. The van der Waals surface area contributed by atoms with Crippen LogP contribution in [0.1, 0.15) is 45.8 Å². The molecule has 0 bridgehead atoms. The molecule has 25 heavy (non-hydrogen) atoms. The molecule has 2 heterocycles. The van der Waals surface area contributed by atoms with Gasteiger partial charge in [-0.15, -0.1) is 0 Å². The zero-order chi connectivity index (χ0) is 17.8. The van der Waals surface area contributed by atoms with Gasteiger partial charge in [-0.3, -0.25) is 9.59 Å². The SMILES string of the molecule is Cc1noc(C)c1CC(=O)NCc1cccc(C(=O)N2CCCC2)c1. The predicted octanol–water partition coefficient (Wildman–Crippen LogP) is 2.39. The van der Waals surface area contributed by atoms with Crippen molar-refractivity contribution < 1.29 is 14.1 Å². The Kier molecular flexibility index (Phi) is 5.16. The second-order valence-corrected chi connectivity index (χ2v) is 6.46. The van der Waals surface area contributed by atoms with Gasteiger partial charge in [0, 0.05) is 30.8 Å². The number of aryl methyl sites for hydroxylation is 2. The summed E-state index contributed by atoms with van der Waals surface area (Å²) in [6.07, 6.45) is 2.39. The van der Waals surface area contributed by atoms with Gasteiger partial charge >= 0.3 is 0 Å². The molecule has 1 fully saturated rings. The van der Waals surface area contributed by atoms with Crippen LogP contribution >= 0.6 is 0 Å². The van der Waals surface area contributed by atoms with Crippen LogP contribution in [0.5, 0.6) is 0 Å². The standard InChI is InChI=1S/C19H23N3O3/c1-13-17(14(2)25-21-13)11-18(23)20-12-15-6-5-7-16(10-15)19(24)22-8-3-4-9-22/h5-7,10H,3-4,8-9,11-12H2,1-2H3,(H,20,23). The lowest BCUT2D eigenvalue weighted by atomic mass is 10.1. The number of nitrogens with one attached hydrogen (secondary N) is 1. The molecule has 0 saturated carbocycles. The summed E-state index contributed by atoms with van der Waals surface area (Å²) in [5.41, 5.74) is 3.16. The minimum atomic E-state index is -0.0920. The third-order valence-corrected chi connectivity index (χ3v) is 4.58. The van der Waals surface area contributed by atoms with Gasteiger partial charge < -0.3 is 14.7 Å². The highest BCUT2D eigenvalue weighted by Gasteiger charge is 2.19. The Morgan fingerprint density at radius 3 is 2.68 bits per heavy atom. The first-order valence-corrected chi connectivity index (χ1v) is 8.61. The van der Waals surface area contributed by atoms with Gasteiger partial charge in [0.1, 0.15) is 5.76 Å². The quantitative estimate of drug-likeness (QED) is 0.906. The molecule has 3 rings (SSSR count). The Morgan fingerprint density at radius 1 is 1.24 bits per heavy atom. The molecule has 1 aliphatic rings. The first kappa shape index (κ1) is 17.2. The molecule has 0 aliphatic carbocycles. The monoisotopic (exact) mass is 341 g/mol. The molecule has 2 amide bonds. The summed E-state index contributed by atoms with van der Waals surface area (Å²) in [5.74, 6) is 0.651. The Balaban J connectivity index is 1.58. The van der Waals surface area contributed by atoms with Gasteiger partial charge in [0.25, 0.3) is 5.91 Å². The molecule has 0 unspecified atom stereocenters. The van der Waals surface area contributed by atoms with Crippen molar-refractivity contribution in [2.45, 2.75) is 39.7 Å². The Labute approximate surface area is 147 Å². The van der Waals surface area contributed by atoms with Crippen molar-refractivity contribution in [2.24, 2.45) is 0 Å². The van der Waals surface area contributed by atoms with Crippen molar-refractivity contribution in [2.75, 3.05) is 13.1 Å². The normalized spacial score (nSPS) is 13.9. The Bertz CT molecular complexity index is 756. The van der Waals surface area contributed by atoms with Crippen LogP contribution in [0.15, 0.2) is 28.8 Å². The summed E-state index contributed by atoms with van der Waals surface area (Å²) in [7, 11) is 0. The largest absolute Gasteiger partial charge is 0.361 e. The first-order chi connectivity index (χ1) is 12.0. The summed E-state index contributed by atoms with van der Waals surface area (Å²) >= 11 is 0. The van der Waals surface area contributed by atoms with Gasteiger partial charge in [-0.05, 0) is 44.4 Å². The molecule has 0 spiro atoms. The minimum Gasteiger partial charge on any atom is -0.361 e. The van der Waals surface area contributed by atoms with E-state index >= 15 is 0 Å². The van der Waals surface area contributed by atoms with Crippen molar-refractivity contribution in [3.8, 4) is 0 Å². The van der Waals surface area contributed by atoms with E-state index < -0.39 is 0 Å². The van der Waals surface area contributed by atoms with Crippen molar-refractivity contribution in [1.82, 2.24) is 15.4 Å². The third-order valence-electron chi connectivity index (χ3n) is 4.58. The van der Waals surface area contributed by atoms with Crippen LogP contribution in [0.25, 0.3) is 0 Å². The van der Waals surface area contributed by atoms with Crippen LogP contribution in [-0.4, -0.2) is 35.0 Å². The summed E-state index contributed by atoms with van der Waals surface area (Å²) in [6, 6.07) is 7.46. The molecule has 6 nitrogen and oxygen atoms in total. The molecule has 6 heteroatoms. The topological polar surface area (TPSA) is 75.4 Å². The van der Waals surface area contributed by atoms with Crippen LogP contribution in [-0.2, 0) is 17.8 Å². The lowest BCUT2D eigenvalue weighted by Crippen LogP contribution is -2.28. The average Bonchev–Trinajstić information content (AvgIpc) is 3.25. The zero-order valence-electron chi connectivity index (χ0n) is 14.7. The number of benzene rings is 1. The van der Waals surface area contributed by atoms with Gasteiger partial charge in [0.05, 0.1) is 12.1 Å². The second-order valence-electron chi connectivity index (χ2n) is 6.46. The van der Waals surface area contributed by atoms with Crippen LogP contribution in [0, 0.1) is 13.8 Å². The average molecular weight is 341 g/mol. The lowest BCUT2D eigenvalue weighted by molar-refractivity contribution is -0.120. The van der Waals surface area contributed by atoms with E-state index in [1.54, 1.807) is 6.92 Å². The van der Waals surface area contributed by atoms with Gasteiger partial charge in [-0.1, -0.05) is 17.3 Å². The number of nitrogens with zero attached hydrogens (tertiary/aromatic N) is 2. The maximum Gasteiger partial charge on any atom is 0.253 e. The van der Waals surface area contributed by atoms with E-state index in [1.165, 1.54) is 0 Å². The molecule has 1 aromatic heterocycles. The number of hydrogen-bond donors (Lipinski definition) is 1. The maximum atomic E-state index is 12.4. The second kappa shape index (κ2) is 7.51. The highest BCUT2D eigenvalue weighted by Crippen LogP contribution is 2.15. The van der Waals surface area contributed by atoms with Gasteiger partial charge in [-0.25, -0.2) is 0 Å². The van der Waals surface area contributed by atoms with Gasteiger partial charge in [0.2, 0.25) is 5.91 Å². The highest BCUT2D eigenvalue weighted by atomic mass is 16.5. The molecular formula is C19H23N3O3. The van der Waals surface area contributed by atoms with Gasteiger partial charge in [0.15, 0.2) is 0 Å². The van der Waals surface area contributed by atoms with Gasteiger partial charge in [-0.2, -0.15) is 0 Å². The van der Waals surface area contributed by atoms with Crippen LogP contribution in [0.2, 0.25) is 0 Å². The number of carbonyl (C=O) groups excluding carboxylic acids is 2. The van der Waals surface area contributed by atoms with Crippen molar-refractivity contribution >= 4 is 11.8 Å². The van der Waals surface area contributed by atoms with Crippen LogP contribution in [0.3, 0.4) is 0 Å². The number of hydrogen-bond acceptors (Lipinski definition) is 4. The highest BCUT2D eigenvalue weighted by molar-refractivity contribution is 5.94. The lowest BCUT2D eigenvalue weighted by Gasteiger charge is -2.15. The number of carbonyl (C=O) groups is 2. The van der Waals surface area contributed by atoms with E-state index in [1.807, 2.05) is 36.1 Å². The van der Waals surface area contributed by atoms with E-state index in [9.17, 15) is 9.59 Å². The molecule has 0 atom stereocenters. The summed E-state index contributed by atoms with van der Waals surface area (Å²) in [5, 5.41) is 6.75. The molecule has 1 aliphatic heterocycles. The van der Waals surface area contributed by atoms with E-state index in [0.717, 1.165) is 42.8 Å². The molecule has 132 valence electrons. The maximum absolute atomic E-state index is 12.4. The van der Waals surface area contributed by atoms with E-state index in [0.29, 0.717) is 17.9 Å². The molecule has 0 radical (unpaired) electrons. The van der Waals surface area contributed by atoms with Crippen molar-refractivity contribution in [3.05, 3.63) is 52.4 Å². The van der Waals surface area contributed by atoms with Crippen molar-refractivity contribution in [3.63, 3.8) is 0 Å². The number of likely N-dealkylation sites (tertiary alicyclic amines) is 1. The summed E-state index contributed by atoms with van der Waals surface area (Å²) < 4.78 is 5.08. The fourth-order valence-corrected chi connectivity index (χ4v) is 3.10. The van der Waals surface area contributed by atoms with Crippen molar-refractivity contribution in [1.29, 1.82) is 0 Å². The minimum absolute atomic E-state index is 0.0707. The van der Waals surface area contributed by atoms with E-state index in [2.05, 4.69) is 10.5 Å². The first-order valence-electron chi connectivity index (χ1n) is 8.61. The smallest absolute Gasteiger partial charge is 0.253 e. The third kappa shape index (κ3) is 4.07. The Hall–Kier alpha value is -2.63. The predicted molar refractivity (Wildman–Crippen MR) is 93.1 cm³/mol. The zero-order valence-corrected chi connectivity index (χ0v) is 14.7. The van der Waals surface area contributed by atoms with Crippen LogP contribution < -0.4 is 5.32 Å². The van der Waals surface area contributed by atoms with E-state index in [-0.39, 0.29) is 18.2 Å². The van der Waals surface area contributed by atoms with E-state index in [4.69, 9.17) is 4.52 Å². The summed E-state index contributed by atoms with van der Waals surface area (Å²) in [6.45, 7) is 5.68. The fraction of sp³-hybridized carbons (Fsp3) is 0.421. The summed E-state index contributed by atoms with van der Waals surface area (Å²) in [4.78, 5) is 26.5. The number of rotatable bonds is 5. The Morgan fingerprint density at radius 2 is 2.00 bits per heavy atom. The molecule has 1 aromatic carbocycles. The molecule has 1 saturated heterocycles. The molecule has 2 aromatic rings. The molecule has 1 N–H and O–H groups in total. The number of aromatic nitrogens is 1. The number of amides is 2.